The van der Waals surface area contributed by atoms with E-state index in [2.05, 4.69) is 17.1 Å². The Morgan fingerprint density at radius 1 is 1.26 bits per heavy atom. The van der Waals surface area contributed by atoms with Gasteiger partial charge in [-0.1, -0.05) is 12.2 Å². The first kappa shape index (κ1) is 26.9. The molecule has 1 amide bonds. The summed E-state index contributed by atoms with van der Waals surface area (Å²) in [7, 11) is 0. The highest BCUT2D eigenvalue weighted by atomic mass is 16.6. The number of carbonyl (C=O) groups excluding carboxylic acids is 2. The van der Waals surface area contributed by atoms with Gasteiger partial charge >= 0.3 is 12.1 Å². The predicted molar refractivity (Wildman–Crippen MR) is 139 cm³/mol. The van der Waals surface area contributed by atoms with Crippen molar-refractivity contribution in [2.75, 3.05) is 19.7 Å². The van der Waals surface area contributed by atoms with Crippen molar-refractivity contribution in [2.45, 2.75) is 65.0 Å². The van der Waals surface area contributed by atoms with Gasteiger partial charge in [-0.3, -0.25) is 4.68 Å². The Bertz CT molecular complexity index is 1280. The molecule has 10 heteroatoms. The molecular weight excluding hydrogens is 486 g/mol. The molecule has 0 spiro atoms. The largest absolute Gasteiger partial charge is 0.461 e. The van der Waals surface area contributed by atoms with Gasteiger partial charge in [-0.15, -0.1) is 0 Å². The highest BCUT2D eigenvalue weighted by Crippen LogP contribution is 2.32. The average molecular weight is 520 g/mol. The van der Waals surface area contributed by atoms with E-state index in [1.807, 2.05) is 32.9 Å². The van der Waals surface area contributed by atoms with Crippen LogP contribution in [0.3, 0.4) is 0 Å². The number of likely N-dealkylation sites (tertiary alicyclic amines) is 1. The lowest BCUT2D eigenvalue weighted by Gasteiger charge is -2.34. The minimum absolute atomic E-state index is 0.0693. The van der Waals surface area contributed by atoms with Gasteiger partial charge in [0.15, 0.2) is 5.69 Å². The second kappa shape index (κ2) is 11.5. The number of piperidine rings is 1. The lowest BCUT2D eigenvalue weighted by Crippen LogP contribution is -2.44. The first-order valence-corrected chi connectivity index (χ1v) is 12.9. The Labute approximate surface area is 222 Å². The number of rotatable bonds is 6. The third-order valence-corrected chi connectivity index (χ3v) is 6.11. The molecule has 1 fully saturated rings. The summed E-state index contributed by atoms with van der Waals surface area (Å²) in [5.41, 5.74) is 0.438. The maximum absolute atomic E-state index is 13.0. The average Bonchev–Trinajstić information content (AvgIpc) is 3.29. The number of carbonyl (C=O) groups is 2. The number of nitrogens with zero attached hydrogens (tertiary/aromatic N) is 5. The van der Waals surface area contributed by atoms with E-state index in [0.29, 0.717) is 43.1 Å². The van der Waals surface area contributed by atoms with Crippen LogP contribution in [0.15, 0.2) is 42.3 Å². The maximum Gasteiger partial charge on any atom is 0.410 e. The zero-order valence-electron chi connectivity index (χ0n) is 22.3. The van der Waals surface area contributed by atoms with E-state index in [1.54, 1.807) is 30.2 Å². The molecule has 1 aliphatic heterocycles. The van der Waals surface area contributed by atoms with E-state index in [1.165, 1.54) is 4.68 Å². The fraction of sp³-hybridized carbons (Fsp3) is 0.464. The van der Waals surface area contributed by atoms with Gasteiger partial charge < -0.3 is 19.1 Å². The number of nitriles is 1. The SMILES string of the molecule is CCOC(=O)c1c(C#N)c(-c2ccc(OC3=CC=CCC3)nc2)nn1C1CCCN(C(=O)OC(C)(C)C)C1. The Kier molecular flexibility index (Phi) is 8.15. The summed E-state index contributed by atoms with van der Waals surface area (Å²) in [6, 6.07) is 5.28. The van der Waals surface area contributed by atoms with Crippen LogP contribution in [0.4, 0.5) is 4.79 Å². The van der Waals surface area contributed by atoms with Crippen molar-refractivity contribution in [1.82, 2.24) is 19.7 Å². The van der Waals surface area contributed by atoms with Crippen LogP contribution in [0.25, 0.3) is 11.3 Å². The number of ether oxygens (including phenoxy) is 3. The normalized spacial score (nSPS) is 17.4. The van der Waals surface area contributed by atoms with Gasteiger partial charge in [0, 0.05) is 37.3 Å². The van der Waals surface area contributed by atoms with Gasteiger partial charge in [0.05, 0.1) is 12.6 Å². The molecule has 2 aliphatic rings. The Balaban J connectivity index is 1.66. The Hall–Kier alpha value is -4.13. The predicted octanol–water partition coefficient (Wildman–Crippen LogP) is 5.18. The molecule has 3 heterocycles. The van der Waals surface area contributed by atoms with Crippen LogP contribution in [-0.2, 0) is 9.47 Å². The Morgan fingerprint density at radius 3 is 2.71 bits per heavy atom. The molecule has 4 rings (SSSR count). The number of esters is 1. The van der Waals surface area contributed by atoms with Crippen molar-refractivity contribution in [3.8, 4) is 23.2 Å². The van der Waals surface area contributed by atoms with Crippen molar-refractivity contribution < 1.29 is 23.8 Å². The first-order valence-electron chi connectivity index (χ1n) is 12.9. The molecule has 2 aromatic heterocycles. The van der Waals surface area contributed by atoms with E-state index in [-0.39, 0.29) is 23.9 Å². The van der Waals surface area contributed by atoms with Crippen LogP contribution in [0.2, 0.25) is 0 Å². The molecule has 0 N–H and O–H groups in total. The summed E-state index contributed by atoms with van der Waals surface area (Å²) in [5, 5.41) is 14.8. The van der Waals surface area contributed by atoms with Gasteiger partial charge in [-0.25, -0.2) is 14.6 Å². The van der Waals surface area contributed by atoms with Crippen molar-refractivity contribution in [3.63, 3.8) is 0 Å². The second-order valence-electron chi connectivity index (χ2n) is 10.2. The maximum atomic E-state index is 13.0. The van der Waals surface area contributed by atoms with Crippen LogP contribution in [0.5, 0.6) is 5.88 Å². The quantitative estimate of drug-likeness (QED) is 0.479. The second-order valence-corrected chi connectivity index (χ2v) is 10.2. The monoisotopic (exact) mass is 519 g/mol. The molecule has 1 saturated heterocycles. The zero-order valence-corrected chi connectivity index (χ0v) is 22.3. The van der Waals surface area contributed by atoms with Crippen LogP contribution in [-0.4, -0.2) is 57.0 Å². The minimum atomic E-state index is -0.637. The smallest absolute Gasteiger partial charge is 0.410 e. The lowest BCUT2D eigenvalue weighted by molar-refractivity contribution is 0.0165. The van der Waals surface area contributed by atoms with Gasteiger partial charge in [-0.05, 0) is 59.1 Å². The molecule has 1 atom stereocenters. The van der Waals surface area contributed by atoms with Gasteiger partial charge in [0.1, 0.15) is 28.7 Å². The molecule has 0 saturated carbocycles. The van der Waals surface area contributed by atoms with Crippen molar-refractivity contribution in [1.29, 1.82) is 5.26 Å². The van der Waals surface area contributed by atoms with Crippen LogP contribution >= 0.6 is 0 Å². The summed E-state index contributed by atoms with van der Waals surface area (Å²) in [6.45, 7) is 8.14. The molecule has 0 radical (unpaired) electrons. The van der Waals surface area contributed by atoms with Gasteiger partial charge in [-0.2, -0.15) is 10.4 Å². The topological polar surface area (TPSA) is 120 Å². The molecule has 38 heavy (non-hydrogen) atoms. The van der Waals surface area contributed by atoms with Crippen molar-refractivity contribution in [3.05, 3.63) is 53.6 Å². The fourth-order valence-corrected chi connectivity index (χ4v) is 4.43. The highest BCUT2D eigenvalue weighted by Gasteiger charge is 2.34. The summed E-state index contributed by atoms with van der Waals surface area (Å²) in [4.78, 5) is 31.8. The molecule has 1 unspecified atom stereocenters. The third kappa shape index (κ3) is 6.22. The van der Waals surface area contributed by atoms with Gasteiger partial charge in [0.25, 0.3) is 0 Å². The molecule has 10 nitrogen and oxygen atoms in total. The molecule has 1 aliphatic carbocycles. The molecule has 0 bridgehead atoms. The number of aromatic nitrogens is 3. The van der Waals surface area contributed by atoms with E-state index >= 15 is 0 Å². The number of hydrogen-bond donors (Lipinski definition) is 0. The van der Waals surface area contributed by atoms with Crippen LogP contribution in [0.1, 0.15) is 75.5 Å². The number of hydrogen-bond acceptors (Lipinski definition) is 8. The molecule has 200 valence electrons. The fourth-order valence-electron chi connectivity index (χ4n) is 4.43. The Morgan fingerprint density at radius 2 is 2.08 bits per heavy atom. The van der Waals surface area contributed by atoms with Gasteiger partial charge in [0.2, 0.25) is 5.88 Å². The molecule has 0 aromatic carbocycles. The number of allylic oxidation sites excluding steroid dienone is 4. The van der Waals surface area contributed by atoms with Crippen LogP contribution < -0.4 is 4.74 Å². The summed E-state index contributed by atoms with van der Waals surface area (Å²) >= 11 is 0. The van der Waals surface area contributed by atoms with E-state index in [0.717, 1.165) is 18.6 Å². The van der Waals surface area contributed by atoms with Crippen molar-refractivity contribution >= 4 is 12.1 Å². The highest BCUT2D eigenvalue weighted by molar-refractivity contribution is 5.93. The number of amides is 1. The van der Waals surface area contributed by atoms with E-state index in [4.69, 9.17) is 19.3 Å². The molecular formula is C28H33N5O5. The van der Waals surface area contributed by atoms with E-state index in [9.17, 15) is 14.9 Å². The zero-order chi connectivity index (χ0) is 27.3. The lowest BCUT2D eigenvalue weighted by atomic mass is 10.0. The first-order chi connectivity index (χ1) is 18.2. The standard InChI is InChI=1S/C28H33N5O5/c1-5-36-26(34)25-22(16-29)24(19-13-14-23(30-17-19)37-21-11-7-6-8-12-21)31-33(25)20-10-9-15-32(18-20)27(35)38-28(2,3)4/h6-7,11,13-14,17,20H,5,8-10,12,15,18H2,1-4H3. The van der Waals surface area contributed by atoms with Crippen LogP contribution in [0, 0.1) is 11.3 Å². The summed E-state index contributed by atoms with van der Waals surface area (Å²) in [5.74, 6) is 0.618. The summed E-state index contributed by atoms with van der Waals surface area (Å²) < 4.78 is 18.2. The summed E-state index contributed by atoms with van der Waals surface area (Å²) in [6.07, 6.45) is 10.2. The minimum Gasteiger partial charge on any atom is -0.461 e. The van der Waals surface area contributed by atoms with E-state index < -0.39 is 17.7 Å². The third-order valence-electron chi connectivity index (χ3n) is 6.11. The molecule has 2 aromatic rings. The number of pyridine rings is 1. The van der Waals surface area contributed by atoms with Crippen molar-refractivity contribution in [2.24, 2.45) is 0 Å².